The highest BCUT2D eigenvalue weighted by atomic mass is 35.5. The summed E-state index contributed by atoms with van der Waals surface area (Å²) >= 11 is 0. The number of carbonyl (C=O) groups is 1. The minimum Gasteiger partial charge on any atom is -0.387 e. The van der Waals surface area contributed by atoms with Gasteiger partial charge in [-0.15, -0.1) is 12.4 Å². The number of rotatable bonds is 5. The molecule has 0 saturated carbocycles. The third kappa shape index (κ3) is 5.25. The predicted molar refractivity (Wildman–Crippen MR) is 87.9 cm³/mol. The summed E-state index contributed by atoms with van der Waals surface area (Å²) in [7, 11) is 0. The van der Waals surface area contributed by atoms with Gasteiger partial charge in [0.05, 0.1) is 12.1 Å². The van der Waals surface area contributed by atoms with E-state index in [1.54, 1.807) is 0 Å². The Kier molecular flexibility index (Phi) is 7.82. The maximum atomic E-state index is 12.0. The number of benzene rings is 1. The van der Waals surface area contributed by atoms with Crippen LogP contribution in [0.2, 0.25) is 0 Å². The van der Waals surface area contributed by atoms with Gasteiger partial charge in [-0.25, -0.2) is 0 Å². The summed E-state index contributed by atoms with van der Waals surface area (Å²) in [6.07, 6.45) is 0.918. The van der Waals surface area contributed by atoms with Crippen LogP contribution in [0.1, 0.15) is 30.1 Å². The third-order valence-electron chi connectivity index (χ3n) is 4.01. The molecule has 1 aliphatic rings. The number of aryl methyl sites for hydroxylation is 1. The molecular weight excluding hydrogens is 304 g/mol. The van der Waals surface area contributed by atoms with E-state index < -0.39 is 12.1 Å². The van der Waals surface area contributed by atoms with E-state index in [0.717, 1.165) is 24.0 Å². The van der Waals surface area contributed by atoms with Crippen LogP contribution in [0.15, 0.2) is 24.3 Å². The Balaban J connectivity index is 0.00000242. The van der Waals surface area contributed by atoms with Crippen molar-refractivity contribution >= 4 is 18.3 Å². The third-order valence-corrected chi connectivity index (χ3v) is 4.01. The van der Waals surface area contributed by atoms with Crippen LogP contribution in [-0.2, 0) is 9.53 Å². The number of aliphatic hydroxyl groups is 1. The molecule has 1 aliphatic heterocycles. The molecular formula is C16H25ClN2O3. The van der Waals surface area contributed by atoms with Crippen molar-refractivity contribution in [3.05, 3.63) is 35.4 Å². The fourth-order valence-corrected chi connectivity index (χ4v) is 2.51. The average Bonchev–Trinajstić information content (AvgIpc) is 2.53. The Morgan fingerprint density at radius 3 is 2.55 bits per heavy atom. The summed E-state index contributed by atoms with van der Waals surface area (Å²) in [4.78, 5) is 12.0. The second kappa shape index (κ2) is 9.10. The van der Waals surface area contributed by atoms with E-state index in [1.165, 1.54) is 0 Å². The number of nitrogens with two attached hydrogens (primary N) is 1. The Labute approximate surface area is 137 Å². The fourth-order valence-electron chi connectivity index (χ4n) is 2.51. The van der Waals surface area contributed by atoms with Crippen LogP contribution >= 0.6 is 12.4 Å². The maximum Gasteiger partial charge on any atom is 0.237 e. The molecule has 0 radical (unpaired) electrons. The zero-order valence-electron chi connectivity index (χ0n) is 12.8. The van der Waals surface area contributed by atoms with Gasteiger partial charge in [0.1, 0.15) is 0 Å². The minimum atomic E-state index is -0.712. The summed E-state index contributed by atoms with van der Waals surface area (Å²) in [5, 5.41) is 12.8. The van der Waals surface area contributed by atoms with Crippen molar-refractivity contribution in [2.75, 3.05) is 19.8 Å². The van der Waals surface area contributed by atoms with E-state index >= 15 is 0 Å². The van der Waals surface area contributed by atoms with E-state index in [1.807, 2.05) is 31.2 Å². The first-order valence-electron chi connectivity index (χ1n) is 7.43. The van der Waals surface area contributed by atoms with E-state index in [2.05, 4.69) is 5.32 Å². The van der Waals surface area contributed by atoms with Crippen molar-refractivity contribution in [3.63, 3.8) is 0 Å². The van der Waals surface area contributed by atoms with E-state index in [9.17, 15) is 9.90 Å². The number of hydrogen-bond donors (Lipinski definition) is 3. The molecule has 6 heteroatoms. The normalized spacial score (nSPS) is 18.1. The lowest BCUT2D eigenvalue weighted by Crippen LogP contribution is -2.47. The number of hydrogen-bond acceptors (Lipinski definition) is 4. The molecule has 2 unspecified atom stereocenters. The van der Waals surface area contributed by atoms with Crippen molar-refractivity contribution < 1.29 is 14.6 Å². The topological polar surface area (TPSA) is 84.6 Å². The van der Waals surface area contributed by atoms with Gasteiger partial charge in [0, 0.05) is 19.8 Å². The number of ether oxygens (including phenoxy) is 1. The zero-order valence-corrected chi connectivity index (χ0v) is 13.6. The Hall–Kier alpha value is -1.14. The molecule has 1 aromatic carbocycles. The van der Waals surface area contributed by atoms with E-state index in [4.69, 9.17) is 10.5 Å². The lowest BCUT2D eigenvalue weighted by molar-refractivity contribution is -0.124. The van der Waals surface area contributed by atoms with Crippen LogP contribution in [0.5, 0.6) is 0 Å². The number of aliphatic hydroxyl groups excluding tert-OH is 1. The van der Waals surface area contributed by atoms with Crippen LogP contribution < -0.4 is 11.1 Å². The average molecular weight is 329 g/mol. The molecule has 2 atom stereocenters. The molecule has 0 spiro atoms. The van der Waals surface area contributed by atoms with E-state index in [0.29, 0.717) is 13.2 Å². The van der Waals surface area contributed by atoms with Crippen molar-refractivity contribution in [1.29, 1.82) is 0 Å². The molecule has 22 heavy (non-hydrogen) atoms. The molecule has 2 rings (SSSR count). The first-order chi connectivity index (χ1) is 10.1. The molecule has 0 aromatic heterocycles. The maximum absolute atomic E-state index is 12.0. The van der Waals surface area contributed by atoms with Crippen molar-refractivity contribution in [3.8, 4) is 0 Å². The zero-order chi connectivity index (χ0) is 15.2. The van der Waals surface area contributed by atoms with Crippen LogP contribution in [0, 0.1) is 12.8 Å². The molecule has 0 aliphatic carbocycles. The minimum absolute atomic E-state index is 0. The van der Waals surface area contributed by atoms with Gasteiger partial charge in [0.2, 0.25) is 5.91 Å². The highest BCUT2D eigenvalue weighted by molar-refractivity contribution is 5.85. The summed E-state index contributed by atoms with van der Waals surface area (Å²) in [5.41, 5.74) is 7.92. The number of halogens is 1. The van der Waals surface area contributed by atoms with Crippen molar-refractivity contribution in [2.24, 2.45) is 11.7 Å². The lowest BCUT2D eigenvalue weighted by Gasteiger charge is -2.27. The molecule has 1 aromatic rings. The predicted octanol–water partition coefficient (Wildman–Crippen LogP) is 1.32. The highest BCUT2D eigenvalue weighted by Gasteiger charge is 2.26. The standard InChI is InChI=1S/C16H24N2O3.ClH/c1-11-2-4-12(5-3-11)14(19)10-18-16(20)15(17)13-6-8-21-9-7-13;/h2-5,13-15,19H,6-10,17H2,1H3,(H,18,20);1H. The van der Waals surface area contributed by atoms with Crippen molar-refractivity contribution in [2.45, 2.75) is 31.9 Å². The van der Waals surface area contributed by atoms with Gasteiger partial charge in [0.15, 0.2) is 0 Å². The van der Waals surface area contributed by atoms with Crippen LogP contribution in [0.4, 0.5) is 0 Å². The Morgan fingerprint density at radius 1 is 1.36 bits per heavy atom. The monoisotopic (exact) mass is 328 g/mol. The van der Waals surface area contributed by atoms with Crippen LogP contribution in [0.25, 0.3) is 0 Å². The van der Waals surface area contributed by atoms with Gasteiger partial charge in [0.25, 0.3) is 0 Å². The quantitative estimate of drug-likeness (QED) is 0.761. The fraction of sp³-hybridized carbons (Fsp3) is 0.562. The molecule has 1 saturated heterocycles. The Morgan fingerprint density at radius 2 is 1.95 bits per heavy atom. The molecule has 1 amide bonds. The molecule has 1 heterocycles. The van der Waals surface area contributed by atoms with E-state index in [-0.39, 0.29) is 30.8 Å². The number of amides is 1. The number of carbonyl (C=O) groups excluding carboxylic acids is 1. The number of nitrogens with one attached hydrogen (secondary N) is 1. The summed E-state index contributed by atoms with van der Waals surface area (Å²) in [6, 6.07) is 7.08. The van der Waals surface area contributed by atoms with Crippen molar-refractivity contribution in [1.82, 2.24) is 5.32 Å². The van der Waals surface area contributed by atoms with Gasteiger partial charge in [-0.1, -0.05) is 29.8 Å². The molecule has 1 fully saturated rings. The first kappa shape index (κ1) is 18.9. The van der Waals surface area contributed by atoms with Gasteiger partial charge >= 0.3 is 0 Å². The summed E-state index contributed by atoms with van der Waals surface area (Å²) in [6.45, 7) is 3.50. The first-order valence-corrected chi connectivity index (χ1v) is 7.43. The largest absolute Gasteiger partial charge is 0.387 e. The second-order valence-electron chi connectivity index (χ2n) is 5.65. The highest BCUT2D eigenvalue weighted by Crippen LogP contribution is 2.18. The second-order valence-corrected chi connectivity index (χ2v) is 5.65. The summed E-state index contributed by atoms with van der Waals surface area (Å²) in [5.74, 6) is -0.0386. The smallest absolute Gasteiger partial charge is 0.237 e. The Bertz CT molecular complexity index is 461. The SMILES string of the molecule is Cc1ccc(C(O)CNC(=O)C(N)C2CCOCC2)cc1.Cl. The molecule has 4 N–H and O–H groups in total. The van der Waals surface area contributed by atoms with Gasteiger partial charge in [-0.3, -0.25) is 4.79 Å². The summed E-state index contributed by atoms with van der Waals surface area (Å²) < 4.78 is 5.27. The van der Waals surface area contributed by atoms with Crippen LogP contribution in [0.3, 0.4) is 0 Å². The van der Waals surface area contributed by atoms with Gasteiger partial charge < -0.3 is 20.9 Å². The molecule has 5 nitrogen and oxygen atoms in total. The van der Waals surface area contributed by atoms with Crippen LogP contribution in [-0.4, -0.2) is 36.8 Å². The molecule has 0 bridgehead atoms. The molecule has 124 valence electrons. The lowest BCUT2D eigenvalue weighted by atomic mass is 9.92. The van der Waals surface area contributed by atoms with Gasteiger partial charge in [-0.2, -0.15) is 0 Å². The van der Waals surface area contributed by atoms with Gasteiger partial charge in [-0.05, 0) is 31.2 Å².